The average Bonchev–Trinajstić information content (AvgIpc) is 2.41. The summed E-state index contributed by atoms with van der Waals surface area (Å²) in [6.45, 7) is 0. The quantitative estimate of drug-likeness (QED) is 0.812. The van der Waals surface area contributed by atoms with Crippen LogP contribution in [0, 0.1) is 0 Å². The molecule has 0 aromatic heterocycles. The number of methoxy groups -OCH3 is 1. The van der Waals surface area contributed by atoms with Gasteiger partial charge in [-0.2, -0.15) is 0 Å². The molecule has 0 spiro atoms. The van der Waals surface area contributed by atoms with E-state index in [0.717, 1.165) is 8.95 Å². The van der Waals surface area contributed by atoms with Gasteiger partial charge in [-0.05, 0) is 56.1 Å². The lowest BCUT2D eigenvalue weighted by molar-refractivity contribution is 0.102. The molecule has 0 atom stereocenters. The van der Waals surface area contributed by atoms with Crippen molar-refractivity contribution in [3.8, 4) is 11.5 Å². The highest BCUT2D eigenvalue weighted by atomic mass is 79.9. The van der Waals surface area contributed by atoms with Crippen molar-refractivity contribution < 1.29 is 14.6 Å². The number of phenolic OH excluding ortho intramolecular Hbond substituents is 1. The number of anilines is 1. The second-order valence-corrected chi connectivity index (χ2v) is 5.68. The number of ether oxygens (including phenoxy) is 1. The third kappa shape index (κ3) is 3.32. The lowest BCUT2D eigenvalue weighted by Crippen LogP contribution is -2.12. The third-order valence-electron chi connectivity index (χ3n) is 2.60. The molecule has 0 fully saturated rings. The van der Waals surface area contributed by atoms with E-state index in [1.54, 1.807) is 31.4 Å². The zero-order chi connectivity index (χ0) is 14.7. The molecular weight excluding hydrogens is 390 g/mol. The number of carbonyl (C=O) groups excluding carboxylic acids is 1. The van der Waals surface area contributed by atoms with E-state index in [9.17, 15) is 9.90 Å². The van der Waals surface area contributed by atoms with E-state index in [4.69, 9.17) is 4.74 Å². The van der Waals surface area contributed by atoms with Crippen molar-refractivity contribution in [1.82, 2.24) is 0 Å². The standard InChI is InChI=1S/C14H11Br2NO3/c1-20-13-7-12(10(15)6-11(13)16)17-14(19)8-3-2-4-9(18)5-8/h2-7,18H,1H3,(H,17,19). The number of phenols is 1. The maximum absolute atomic E-state index is 12.1. The Hall–Kier alpha value is -1.53. The topological polar surface area (TPSA) is 58.6 Å². The van der Waals surface area contributed by atoms with Gasteiger partial charge in [-0.25, -0.2) is 0 Å². The van der Waals surface area contributed by atoms with Gasteiger partial charge in [0.15, 0.2) is 0 Å². The SMILES string of the molecule is COc1cc(NC(=O)c2cccc(O)c2)c(Br)cc1Br. The van der Waals surface area contributed by atoms with Gasteiger partial charge in [-0.15, -0.1) is 0 Å². The summed E-state index contributed by atoms with van der Waals surface area (Å²) < 4.78 is 6.69. The van der Waals surface area contributed by atoms with Crippen LogP contribution >= 0.6 is 31.9 Å². The van der Waals surface area contributed by atoms with Gasteiger partial charge in [-0.3, -0.25) is 4.79 Å². The van der Waals surface area contributed by atoms with Crippen LogP contribution in [-0.2, 0) is 0 Å². The Morgan fingerprint density at radius 3 is 2.60 bits per heavy atom. The van der Waals surface area contributed by atoms with E-state index in [0.29, 0.717) is 17.0 Å². The molecule has 2 aromatic carbocycles. The Bertz CT molecular complexity index is 659. The summed E-state index contributed by atoms with van der Waals surface area (Å²) in [5, 5.41) is 12.1. The summed E-state index contributed by atoms with van der Waals surface area (Å²) in [7, 11) is 1.55. The second kappa shape index (κ2) is 6.28. The first-order valence-corrected chi connectivity index (χ1v) is 7.23. The number of rotatable bonds is 3. The van der Waals surface area contributed by atoms with Crippen LogP contribution in [0.25, 0.3) is 0 Å². The van der Waals surface area contributed by atoms with Crippen LogP contribution < -0.4 is 10.1 Å². The van der Waals surface area contributed by atoms with Gasteiger partial charge >= 0.3 is 0 Å². The Morgan fingerprint density at radius 2 is 1.95 bits per heavy atom. The molecule has 20 heavy (non-hydrogen) atoms. The van der Waals surface area contributed by atoms with Crippen LogP contribution in [0.3, 0.4) is 0 Å². The van der Waals surface area contributed by atoms with Gasteiger partial charge in [0.05, 0.1) is 17.3 Å². The molecule has 2 rings (SSSR count). The highest BCUT2D eigenvalue weighted by Gasteiger charge is 2.12. The van der Waals surface area contributed by atoms with Gasteiger partial charge in [-0.1, -0.05) is 6.07 Å². The number of hydrogen-bond acceptors (Lipinski definition) is 3. The minimum absolute atomic E-state index is 0.0464. The lowest BCUT2D eigenvalue weighted by atomic mass is 10.2. The first kappa shape index (κ1) is 14.9. The van der Waals surface area contributed by atoms with Crippen LogP contribution in [0.2, 0.25) is 0 Å². The molecule has 0 aliphatic heterocycles. The fourth-order valence-electron chi connectivity index (χ4n) is 1.62. The molecule has 0 aliphatic rings. The van der Waals surface area contributed by atoms with E-state index in [1.807, 2.05) is 0 Å². The van der Waals surface area contributed by atoms with Gasteiger partial charge in [0.25, 0.3) is 5.91 Å². The van der Waals surface area contributed by atoms with Crippen molar-refractivity contribution in [3.63, 3.8) is 0 Å². The van der Waals surface area contributed by atoms with Crippen molar-refractivity contribution in [2.24, 2.45) is 0 Å². The number of carbonyl (C=O) groups is 1. The molecule has 104 valence electrons. The van der Waals surface area contributed by atoms with Gasteiger partial charge in [0, 0.05) is 16.1 Å². The second-order valence-electron chi connectivity index (χ2n) is 3.97. The minimum Gasteiger partial charge on any atom is -0.508 e. The summed E-state index contributed by atoms with van der Waals surface area (Å²) in [6, 6.07) is 9.64. The van der Waals surface area contributed by atoms with Crippen molar-refractivity contribution in [2.75, 3.05) is 12.4 Å². The molecule has 0 unspecified atom stereocenters. The number of hydrogen-bond donors (Lipinski definition) is 2. The van der Waals surface area contributed by atoms with Gasteiger partial charge in [0.2, 0.25) is 0 Å². The highest BCUT2D eigenvalue weighted by Crippen LogP contribution is 2.34. The van der Waals surface area contributed by atoms with Crippen LogP contribution in [0.4, 0.5) is 5.69 Å². The fraction of sp³-hybridized carbons (Fsp3) is 0.0714. The number of nitrogens with one attached hydrogen (secondary N) is 1. The maximum Gasteiger partial charge on any atom is 0.255 e. The minimum atomic E-state index is -0.314. The molecule has 2 N–H and O–H groups in total. The van der Waals surface area contributed by atoms with Crippen molar-refractivity contribution in [2.45, 2.75) is 0 Å². The van der Waals surface area contributed by atoms with Crippen LogP contribution in [0.5, 0.6) is 11.5 Å². The van der Waals surface area contributed by atoms with E-state index in [-0.39, 0.29) is 11.7 Å². The summed E-state index contributed by atoms with van der Waals surface area (Å²) in [4.78, 5) is 12.1. The van der Waals surface area contributed by atoms with Crippen LogP contribution in [0.1, 0.15) is 10.4 Å². The zero-order valence-corrected chi connectivity index (χ0v) is 13.7. The first-order valence-electron chi connectivity index (χ1n) is 5.64. The van der Waals surface area contributed by atoms with Crippen molar-refractivity contribution >= 4 is 43.5 Å². The largest absolute Gasteiger partial charge is 0.508 e. The van der Waals surface area contributed by atoms with Crippen LogP contribution in [0.15, 0.2) is 45.3 Å². The molecular formula is C14H11Br2NO3. The summed E-state index contributed by atoms with van der Waals surface area (Å²) in [5.41, 5.74) is 0.956. The number of halogens is 2. The van der Waals surface area contributed by atoms with Crippen molar-refractivity contribution in [1.29, 1.82) is 0 Å². The molecule has 0 aliphatic carbocycles. The monoisotopic (exact) mass is 399 g/mol. The Balaban J connectivity index is 2.28. The molecule has 4 nitrogen and oxygen atoms in total. The van der Waals surface area contributed by atoms with Crippen molar-refractivity contribution in [3.05, 3.63) is 50.9 Å². The van der Waals surface area contributed by atoms with E-state index >= 15 is 0 Å². The predicted molar refractivity (Wildman–Crippen MR) is 84.5 cm³/mol. The number of benzene rings is 2. The van der Waals surface area contributed by atoms with E-state index < -0.39 is 0 Å². The average molecular weight is 401 g/mol. The molecule has 0 saturated carbocycles. The zero-order valence-electron chi connectivity index (χ0n) is 10.5. The predicted octanol–water partition coefficient (Wildman–Crippen LogP) is 4.18. The summed E-state index contributed by atoms with van der Waals surface area (Å²) >= 11 is 6.74. The number of aromatic hydroxyl groups is 1. The molecule has 6 heteroatoms. The molecule has 1 amide bonds. The molecule has 0 bridgehead atoms. The summed E-state index contributed by atoms with van der Waals surface area (Å²) in [6.07, 6.45) is 0. The highest BCUT2D eigenvalue weighted by molar-refractivity contribution is 9.11. The Morgan fingerprint density at radius 1 is 1.20 bits per heavy atom. The van der Waals surface area contributed by atoms with Crippen LogP contribution in [-0.4, -0.2) is 18.1 Å². The Labute approximate surface area is 133 Å². The molecule has 2 aromatic rings. The fourth-order valence-corrected chi connectivity index (χ4v) is 2.88. The Kier molecular flexibility index (Phi) is 4.67. The molecule has 0 radical (unpaired) electrons. The summed E-state index contributed by atoms with van der Waals surface area (Å²) in [5.74, 6) is 0.343. The smallest absolute Gasteiger partial charge is 0.255 e. The van der Waals surface area contributed by atoms with E-state index in [2.05, 4.69) is 37.2 Å². The van der Waals surface area contributed by atoms with Gasteiger partial charge < -0.3 is 15.2 Å². The third-order valence-corrected chi connectivity index (χ3v) is 3.87. The molecule has 0 heterocycles. The van der Waals surface area contributed by atoms with E-state index in [1.165, 1.54) is 12.1 Å². The number of amides is 1. The van der Waals surface area contributed by atoms with Gasteiger partial charge in [0.1, 0.15) is 11.5 Å². The molecule has 0 saturated heterocycles. The normalized spacial score (nSPS) is 10.2. The lowest BCUT2D eigenvalue weighted by Gasteiger charge is -2.11. The first-order chi connectivity index (χ1) is 9.51. The maximum atomic E-state index is 12.1.